The van der Waals surface area contributed by atoms with Crippen LogP contribution in [0.2, 0.25) is 0 Å². The van der Waals surface area contributed by atoms with Crippen molar-refractivity contribution in [2.24, 2.45) is 5.92 Å². The van der Waals surface area contributed by atoms with E-state index in [-0.39, 0.29) is 0 Å². The molecule has 0 fully saturated rings. The fraction of sp³-hybridized carbons (Fsp3) is 1.00. The number of likely N-dealkylation sites (N-methyl/N-ethyl adjacent to an activating group) is 2. The number of unbranched alkanes of at least 4 members (excludes halogenated alkanes) is 4. The third kappa shape index (κ3) is 16.1. The average molecular weight is 301 g/mol. The van der Waals surface area contributed by atoms with Gasteiger partial charge in [0.1, 0.15) is 0 Å². The first kappa shape index (κ1) is 20.9. The van der Waals surface area contributed by atoms with Gasteiger partial charge >= 0.3 is 0 Å². The van der Waals surface area contributed by atoms with Gasteiger partial charge in [0, 0.05) is 32.8 Å². The Kier molecular flexibility index (Phi) is 14.7. The van der Waals surface area contributed by atoms with Crippen LogP contribution in [0.5, 0.6) is 0 Å². The first-order valence-corrected chi connectivity index (χ1v) is 8.97. The lowest BCUT2D eigenvalue weighted by atomic mass is 10.0. The summed E-state index contributed by atoms with van der Waals surface area (Å²) in [5.74, 6) is 0.818. The highest BCUT2D eigenvalue weighted by Crippen LogP contribution is 2.11. The molecule has 0 radical (unpaired) electrons. The Hall–Kier alpha value is -0.120. The van der Waals surface area contributed by atoms with E-state index in [1.54, 1.807) is 0 Å². The molecule has 0 aliphatic rings. The van der Waals surface area contributed by atoms with Crippen molar-refractivity contribution in [3.8, 4) is 0 Å². The summed E-state index contributed by atoms with van der Waals surface area (Å²) in [6, 6.07) is 0. The summed E-state index contributed by atoms with van der Waals surface area (Å²) >= 11 is 0. The molecular formula is C18H40N2O. The molecule has 128 valence electrons. The molecule has 0 spiro atoms. The van der Waals surface area contributed by atoms with Crippen LogP contribution in [0, 0.1) is 5.92 Å². The first-order valence-electron chi connectivity index (χ1n) is 8.97. The zero-order chi connectivity index (χ0) is 15.9. The Morgan fingerprint density at radius 1 is 0.857 bits per heavy atom. The van der Waals surface area contributed by atoms with Crippen molar-refractivity contribution in [3.05, 3.63) is 0 Å². The average Bonchev–Trinajstić information content (AvgIpc) is 2.43. The highest BCUT2D eigenvalue weighted by Gasteiger charge is 2.06. The Morgan fingerprint density at radius 2 is 1.52 bits per heavy atom. The Labute approximate surface area is 134 Å². The summed E-state index contributed by atoms with van der Waals surface area (Å²) in [6.45, 7) is 10.1. The summed E-state index contributed by atoms with van der Waals surface area (Å²) in [7, 11) is 6.53. The second-order valence-corrected chi connectivity index (χ2v) is 6.84. The third-order valence-electron chi connectivity index (χ3n) is 3.93. The zero-order valence-corrected chi connectivity index (χ0v) is 15.4. The van der Waals surface area contributed by atoms with Crippen LogP contribution in [-0.2, 0) is 4.74 Å². The highest BCUT2D eigenvalue weighted by atomic mass is 16.5. The quantitative estimate of drug-likeness (QED) is 0.427. The lowest BCUT2D eigenvalue weighted by Crippen LogP contribution is -2.31. The van der Waals surface area contributed by atoms with Crippen LogP contribution in [0.3, 0.4) is 0 Å². The first-order chi connectivity index (χ1) is 10.1. The molecule has 0 aromatic carbocycles. The van der Waals surface area contributed by atoms with Crippen molar-refractivity contribution < 1.29 is 4.74 Å². The van der Waals surface area contributed by atoms with Crippen molar-refractivity contribution in [3.63, 3.8) is 0 Å². The molecule has 0 rings (SSSR count). The zero-order valence-electron chi connectivity index (χ0n) is 15.4. The van der Waals surface area contributed by atoms with Gasteiger partial charge in [-0.2, -0.15) is 0 Å². The minimum Gasteiger partial charge on any atom is -0.381 e. The summed E-state index contributed by atoms with van der Waals surface area (Å²) in [4.78, 5) is 4.72. The Balaban J connectivity index is 3.31. The van der Waals surface area contributed by atoms with E-state index in [4.69, 9.17) is 4.74 Å². The Bertz CT molecular complexity index is 209. The van der Waals surface area contributed by atoms with Crippen molar-refractivity contribution in [2.75, 3.05) is 54.0 Å². The van der Waals surface area contributed by atoms with Gasteiger partial charge in [-0.25, -0.2) is 0 Å². The maximum Gasteiger partial charge on any atom is 0.0466 e. The molecule has 1 atom stereocenters. The number of hydrogen-bond donors (Lipinski definition) is 0. The van der Waals surface area contributed by atoms with Crippen LogP contribution in [0.1, 0.15) is 58.8 Å². The molecule has 0 aromatic rings. The van der Waals surface area contributed by atoms with E-state index in [0.29, 0.717) is 0 Å². The van der Waals surface area contributed by atoms with Gasteiger partial charge in [0.05, 0.1) is 0 Å². The lowest BCUT2D eigenvalue weighted by molar-refractivity contribution is 0.127. The lowest BCUT2D eigenvalue weighted by Gasteiger charge is -2.22. The molecule has 0 saturated heterocycles. The van der Waals surface area contributed by atoms with Crippen molar-refractivity contribution in [1.82, 2.24) is 9.80 Å². The summed E-state index contributed by atoms with van der Waals surface area (Å²) in [5, 5.41) is 0. The van der Waals surface area contributed by atoms with E-state index in [1.807, 2.05) is 0 Å². The molecule has 0 bridgehead atoms. The van der Waals surface area contributed by atoms with Gasteiger partial charge in [0.15, 0.2) is 0 Å². The summed E-state index contributed by atoms with van der Waals surface area (Å²) < 4.78 is 5.59. The molecule has 1 unspecified atom stereocenters. The smallest absolute Gasteiger partial charge is 0.0466 e. The van der Waals surface area contributed by atoms with E-state index in [2.05, 4.69) is 44.8 Å². The van der Waals surface area contributed by atoms with Crippen LogP contribution in [0.15, 0.2) is 0 Å². The predicted molar refractivity (Wildman–Crippen MR) is 94.0 cm³/mol. The van der Waals surface area contributed by atoms with Crippen molar-refractivity contribution >= 4 is 0 Å². The SMILES string of the molecule is CCCCOCCCCCCC(C)CN(C)CCN(C)C. The third-order valence-corrected chi connectivity index (χ3v) is 3.93. The van der Waals surface area contributed by atoms with Crippen LogP contribution in [0.4, 0.5) is 0 Å². The fourth-order valence-corrected chi connectivity index (χ4v) is 2.48. The van der Waals surface area contributed by atoms with E-state index < -0.39 is 0 Å². The van der Waals surface area contributed by atoms with E-state index in [1.165, 1.54) is 58.0 Å². The van der Waals surface area contributed by atoms with Crippen molar-refractivity contribution in [1.29, 1.82) is 0 Å². The number of rotatable bonds is 15. The molecule has 3 nitrogen and oxygen atoms in total. The van der Waals surface area contributed by atoms with Gasteiger partial charge < -0.3 is 14.5 Å². The van der Waals surface area contributed by atoms with Crippen molar-refractivity contribution in [2.45, 2.75) is 58.8 Å². The van der Waals surface area contributed by atoms with Crippen LogP contribution in [-0.4, -0.2) is 63.8 Å². The predicted octanol–water partition coefficient (Wildman–Crippen LogP) is 3.88. The molecule has 0 aliphatic heterocycles. The molecule has 3 heteroatoms. The second-order valence-electron chi connectivity index (χ2n) is 6.84. The molecular weight excluding hydrogens is 260 g/mol. The van der Waals surface area contributed by atoms with Gasteiger partial charge in [0.25, 0.3) is 0 Å². The minimum absolute atomic E-state index is 0.818. The molecule has 21 heavy (non-hydrogen) atoms. The minimum atomic E-state index is 0.818. The molecule has 0 N–H and O–H groups in total. The molecule has 0 heterocycles. The number of hydrogen-bond acceptors (Lipinski definition) is 3. The largest absolute Gasteiger partial charge is 0.381 e. The Morgan fingerprint density at radius 3 is 2.19 bits per heavy atom. The van der Waals surface area contributed by atoms with Gasteiger partial charge in [-0.1, -0.05) is 39.5 Å². The van der Waals surface area contributed by atoms with Crippen LogP contribution >= 0.6 is 0 Å². The van der Waals surface area contributed by atoms with Crippen LogP contribution < -0.4 is 0 Å². The molecule has 0 amide bonds. The second kappa shape index (κ2) is 14.8. The summed E-state index contributed by atoms with van der Waals surface area (Å²) in [5.41, 5.74) is 0. The highest BCUT2D eigenvalue weighted by molar-refractivity contribution is 4.61. The van der Waals surface area contributed by atoms with Crippen LogP contribution in [0.25, 0.3) is 0 Å². The normalized spacial score (nSPS) is 13.3. The molecule has 0 saturated carbocycles. The van der Waals surface area contributed by atoms with Gasteiger partial charge in [-0.15, -0.1) is 0 Å². The number of nitrogens with zero attached hydrogens (tertiary/aromatic N) is 2. The molecule has 0 aromatic heterocycles. The topological polar surface area (TPSA) is 15.7 Å². The maximum absolute atomic E-state index is 5.59. The number of ether oxygens (including phenoxy) is 1. The fourth-order valence-electron chi connectivity index (χ4n) is 2.48. The van der Waals surface area contributed by atoms with E-state index in [0.717, 1.165) is 25.7 Å². The van der Waals surface area contributed by atoms with Gasteiger partial charge in [-0.3, -0.25) is 0 Å². The van der Waals surface area contributed by atoms with Gasteiger partial charge in [-0.05, 0) is 46.3 Å². The maximum atomic E-state index is 5.59. The van der Waals surface area contributed by atoms with Gasteiger partial charge in [0.2, 0.25) is 0 Å². The monoisotopic (exact) mass is 300 g/mol. The standard InChI is InChI=1S/C18H40N2O/c1-6-7-15-21-16-11-9-8-10-12-18(2)17-20(5)14-13-19(3)4/h18H,6-17H2,1-5H3. The van der Waals surface area contributed by atoms with E-state index >= 15 is 0 Å². The van der Waals surface area contributed by atoms with E-state index in [9.17, 15) is 0 Å². The molecule has 0 aliphatic carbocycles. The summed E-state index contributed by atoms with van der Waals surface area (Å²) in [6.07, 6.45) is 9.11.